The van der Waals surface area contributed by atoms with E-state index in [1.54, 1.807) is 6.20 Å². The number of hydrogen-bond acceptors (Lipinski definition) is 4. The van der Waals surface area contributed by atoms with Crippen LogP contribution < -0.4 is 5.32 Å². The second-order valence-electron chi connectivity index (χ2n) is 3.38. The summed E-state index contributed by atoms with van der Waals surface area (Å²) in [7, 11) is 0. The second-order valence-corrected chi connectivity index (χ2v) is 3.38. The Kier molecular flexibility index (Phi) is 6.77. The first kappa shape index (κ1) is 12.1. The van der Waals surface area contributed by atoms with Crippen molar-refractivity contribution in [3.63, 3.8) is 0 Å². The van der Waals surface area contributed by atoms with E-state index < -0.39 is 0 Å². The Hall–Kier alpha value is -0.940. The third kappa shape index (κ3) is 6.19. The van der Waals surface area contributed by atoms with Crippen molar-refractivity contribution in [2.75, 3.05) is 26.3 Å². The molecule has 0 radical (unpaired) electrons. The zero-order valence-electron chi connectivity index (χ0n) is 9.35. The maximum Gasteiger partial charge on any atom is 0.0692 e. The van der Waals surface area contributed by atoms with E-state index in [9.17, 15) is 0 Å². The Labute approximate surface area is 90.8 Å². The van der Waals surface area contributed by atoms with Gasteiger partial charge in [0.1, 0.15) is 0 Å². The van der Waals surface area contributed by atoms with Crippen molar-refractivity contribution in [1.82, 2.24) is 20.3 Å². The predicted molar refractivity (Wildman–Crippen MR) is 58.6 cm³/mol. The lowest BCUT2D eigenvalue weighted by Crippen LogP contribution is -2.24. The largest absolute Gasteiger partial charge is 0.380 e. The van der Waals surface area contributed by atoms with Gasteiger partial charge in [-0.25, -0.2) is 0 Å². The molecule has 5 heteroatoms. The molecule has 0 aliphatic heterocycles. The molecular weight excluding hydrogens is 192 g/mol. The Balaban J connectivity index is 1.81. The average molecular weight is 212 g/mol. The molecule has 0 unspecified atom stereocenters. The van der Waals surface area contributed by atoms with Crippen LogP contribution in [0.15, 0.2) is 12.4 Å². The second kappa shape index (κ2) is 8.38. The summed E-state index contributed by atoms with van der Waals surface area (Å²) in [4.78, 5) is 0. The molecule has 0 aliphatic carbocycles. The van der Waals surface area contributed by atoms with Crippen molar-refractivity contribution in [3.05, 3.63) is 12.4 Å². The highest BCUT2D eigenvalue weighted by Gasteiger charge is 1.91. The van der Waals surface area contributed by atoms with E-state index in [1.807, 2.05) is 10.9 Å². The molecule has 15 heavy (non-hydrogen) atoms. The maximum absolute atomic E-state index is 5.41. The molecular formula is C10H20N4O. The molecule has 0 atom stereocenters. The van der Waals surface area contributed by atoms with Crippen LogP contribution in [0.25, 0.3) is 0 Å². The van der Waals surface area contributed by atoms with Gasteiger partial charge in [-0.2, -0.15) is 0 Å². The molecule has 1 rings (SSSR count). The monoisotopic (exact) mass is 212 g/mol. The van der Waals surface area contributed by atoms with E-state index in [0.717, 1.165) is 39.3 Å². The maximum atomic E-state index is 5.41. The van der Waals surface area contributed by atoms with Crippen LogP contribution in [0.3, 0.4) is 0 Å². The summed E-state index contributed by atoms with van der Waals surface area (Å²) in [5, 5.41) is 10.9. The first-order valence-corrected chi connectivity index (χ1v) is 5.56. The fourth-order valence-electron chi connectivity index (χ4n) is 1.16. The molecule has 0 fully saturated rings. The highest BCUT2D eigenvalue weighted by atomic mass is 16.5. The van der Waals surface area contributed by atoms with Gasteiger partial charge in [-0.3, -0.25) is 4.68 Å². The van der Waals surface area contributed by atoms with Crippen molar-refractivity contribution in [2.45, 2.75) is 26.3 Å². The molecule has 0 bridgehead atoms. The van der Waals surface area contributed by atoms with Gasteiger partial charge in [0.05, 0.1) is 19.3 Å². The van der Waals surface area contributed by atoms with Crippen LogP contribution in [0.4, 0.5) is 0 Å². The minimum Gasteiger partial charge on any atom is -0.380 e. The molecule has 0 aromatic carbocycles. The lowest BCUT2D eigenvalue weighted by atomic mass is 10.4. The Bertz CT molecular complexity index is 225. The van der Waals surface area contributed by atoms with Crippen LogP contribution in [-0.2, 0) is 11.3 Å². The van der Waals surface area contributed by atoms with Gasteiger partial charge in [0.15, 0.2) is 0 Å². The van der Waals surface area contributed by atoms with Crippen molar-refractivity contribution in [2.24, 2.45) is 0 Å². The fourth-order valence-corrected chi connectivity index (χ4v) is 1.16. The number of aromatic nitrogens is 3. The number of hydrogen-bond donors (Lipinski definition) is 1. The number of nitrogens with zero attached hydrogens (tertiary/aromatic N) is 3. The molecule has 0 saturated carbocycles. The first-order chi connectivity index (χ1) is 7.43. The summed E-state index contributed by atoms with van der Waals surface area (Å²) >= 11 is 0. The van der Waals surface area contributed by atoms with E-state index in [-0.39, 0.29) is 0 Å². The Morgan fingerprint density at radius 1 is 1.33 bits per heavy atom. The third-order valence-corrected chi connectivity index (χ3v) is 2.06. The standard InChI is InChI=1S/C10H20N4O/c1-2-3-9-15-10-6-11-4-7-14-8-5-12-13-14/h5,8,11H,2-4,6-7,9-10H2,1H3. The summed E-state index contributed by atoms with van der Waals surface area (Å²) < 4.78 is 7.22. The zero-order valence-corrected chi connectivity index (χ0v) is 9.35. The number of ether oxygens (including phenoxy) is 1. The van der Waals surface area contributed by atoms with Crippen molar-refractivity contribution in [3.8, 4) is 0 Å². The Morgan fingerprint density at radius 2 is 2.27 bits per heavy atom. The van der Waals surface area contributed by atoms with Crippen molar-refractivity contribution >= 4 is 0 Å². The molecule has 0 amide bonds. The number of nitrogens with one attached hydrogen (secondary N) is 1. The molecule has 1 aromatic rings. The topological polar surface area (TPSA) is 52.0 Å². The van der Waals surface area contributed by atoms with E-state index >= 15 is 0 Å². The number of unbranched alkanes of at least 4 members (excludes halogenated alkanes) is 1. The van der Waals surface area contributed by atoms with Crippen LogP contribution in [0.1, 0.15) is 19.8 Å². The summed E-state index contributed by atoms with van der Waals surface area (Å²) in [6, 6.07) is 0. The van der Waals surface area contributed by atoms with Crippen LogP contribution in [0, 0.1) is 0 Å². The SMILES string of the molecule is CCCCOCCNCCn1ccnn1. The van der Waals surface area contributed by atoms with Gasteiger partial charge in [0.25, 0.3) is 0 Å². The van der Waals surface area contributed by atoms with E-state index in [0.29, 0.717) is 0 Å². The van der Waals surface area contributed by atoms with E-state index in [4.69, 9.17) is 4.74 Å². The molecule has 0 saturated heterocycles. The minimum absolute atomic E-state index is 0.789. The highest BCUT2D eigenvalue weighted by Crippen LogP contribution is 1.86. The predicted octanol–water partition coefficient (Wildman–Crippen LogP) is 0.684. The quantitative estimate of drug-likeness (QED) is 0.612. The molecule has 0 aliphatic rings. The van der Waals surface area contributed by atoms with Crippen LogP contribution in [0.5, 0.6) is 0 Å². The molecule has 86 valence electrons. The van der Waals surface area contributed by atoms with E-state index in [1.165, 1.54) is 6.42 Å². The van der Waals surface area contributed by atoms with Gasteiger partial charge >= 0.3 is 0 Å². The van der Waals surface area contributed by atoms with Crippen LogP contribution >= 0.6 is 0 Å². The van der Waals surface area contributed by atoms with Crippen LogP contribution in [0.2, 0.25) is 0 Å². The summed E-state index contributed by atoms with van der Waals surface area (Å²) in [6.45, 7) is 6.49. The molecule has 0 spiro atoms. The summed E-state index contributed by atoms with van der Waals surface area (Å²) in [5.74, 6) is 0. The van der Waals surface area contributed by atoms with Crippen molar-refractivity contribution < 1.29 is 4.74 Å². The normalized spacial score (nSPS) is 10.7. The van der Waals surface area contributed by atoms with Gasteiger partial charge in [-0.15, -0.1) is 5.10 Å². The van der Waals surface area contributed by atoms with Gasteiger partial charge in [0.2, 0.25) is 0 Å². The third-order valence-electron chi connectivity index (χ3n) is 2.06. The lowest BCUT2D eigenvalue weighted by molar-refractivity contribution is 0.133. The van der Waals surface area contributed by atoms with Gasteiger partial charge in [0, 0.05) is 25.9 Å². The smallest absolute Gasteiger partial charge is 0.0692 e. The van der Waals surface area contributed by atoms with Crippen LogP contribution in [-0.4, -0.2) is 41.3 Å². The van der Waals surface area contributed by atoms with Gasteiger partial charge in [-0.1, -0.05) is 18.6 Å². The fraction of sp³-hybridized carbons (Fsp3) is 0.800. The molecule has 1 N–H and O–H groups in total. The summed E-state index contributed by atoms with van der Waals surface area (Å²) in [5.41, 5.74) is 0. The highest BCUT2D eigenvalue weighted by molar-refractivity contribution is 4.64. The zero-order chi connectivity index (χ0) is 10.8. The first-order valence-electron chi connectivity index (χ1n) is 5.56. The van der Waals surface area contributed by atoms with Gasteiger partial charge in [-0.05, 0) is 6.42 Å². The number of rotatable bonds is 9. The minimum atomic E-state index is 0.789. The average Bonchev–Trinajstić information content (AvgIpc) is 2.75. The molecule has 1 heterocycles. The summed E-state index contributed by atoms with van der Waals surface area (Å²) in [6.07, 6.45) is 5.89. The van der Waals surface area contributed by atoms with Gasteiger partial charge < -0.3 is 10.1 Å². The van der Waals surface area contributed by atoms with Crippen molar-refractivity contribution in [1.29, 1.82) is 0 Å². The molecule has 1 aromatic heterocycles. The Morgan fingerprint density at radius 3 is 3.00 bits per heavy atom. The lowest BCUT2D eigenvalue weighted by Gasteiger charge is -2.05. The molecule has 5 nitrogen and oxygen atoms in total. The van der Waals surface area contributed by atoms with E-state index in [2.05, 4.69) is 22.6 Å².